The lowest BCUT2D eigenvalue weighted by Gasteiger charge is -2.04. The van der Waals surface area contributed by atoms with Gasteiger partial charge in [-0.05, 0) is 12.3 Å². The van der Waals surface area contributed by atoms with Crippen molar-refractivity contribution in [3.8, 4) is 11.3 Å². The van der Waals surface area contributed by atoms with E-state index in [1.54, 1.807) is 29.3 Å². The Morgan fingerprint density at radius 3 is 3.00 bits per heavy atom. The van der Waals surface area contributed by atoms with E-state index < -0.39 is 0 Å². The second-order valence-corrected chi connectivity index (χ2v) is 4.94. The van der Waals surface area contributed by atoms with Crippen LogP contribution in [0.1, 0.15) is 19.4 Å². The summed E-state index contributed by atoms with van der Waals surface area (Å²) in [6.07, 6.45) is 7.83. The summed E-state index contributed by atoms with van der Waals surface area (Å²) in [6.45, 7) is 4.27. The molecule has 6 heteroatoms. The Morgan fingerprint density at radius 2 is 2.21 bits per heavy atom. The van der Waals surface area contributed by atoms with Crippen LogP contribution < -0.4 is 5.73 Å². The third-order valence-electron chi connectivity index (χ3n) is 3.01. The van der Waals surface area contributed by atoms with E-state index in [1.165, 1.54) is 0 Å². The van der Waals surface area contributed by atoms with Crippen molar-refractivity contribution in [3.63, 3.8) is 0 Å². The van der Waals surface area contributed by atoms with Crippen LogP contribution in [0.25, 0.3) is 16.8 Å². The summed E-state index contributed by atoms with van der Waals surface area (Å²) in [7, 11) is 0. The first-order valence-corrected chi connectivity index (χ1v) is 6.18. The molecule has 0 aliphatic rings. The van der Waals surface area contributed by atoms with Gasteiger partial charge in [0.25, 0.3) is 0 Å². The van der Waals surface area contributed by atoms with E-state index in [9.17, 15) is 0 Å². The largest absolute Gasteiger partial charge is 0.367 e. The first-order chi connectivity index (χ1) is 9.16. The number of fused-ring (bicyclic) bond motifs is 1. The third-order valence-corrected chi connectivity index (χ3v) is 3.01. The van der Waals surface area contributed by atoms with Gasteiger partial charge in [0.05, 0.1) is 23.5 Å². The minimum Gasteiger partial charge on any atom is -0.367 e. The highest BCUT2D eigenvalue weighted by Crippen LogP contribution is 2.31. The van der Waals surface area contributed by atoms with Crippen LogP contribution in [0.15, 0.2) is 29.3 Å². The maximum Gasteiger partial charge on any atom is 0.225 e. The number of nitrogens with two attached hydrogens (primary N) is 1. The molecule has 0 aliphatic carbocycles. The van der Waals surface area contributed by atoms with E-state index in [0.29, 0.717) is 11.8 Å². The summed E-state index contributed by atoms with van der Waals surface area (Å²) in [5.41, 5.74) is 9.35. The number of rotatable bonds is 3. The van der Waals surface area contributed by atoms with Crippen LogP contribution in [-0.4, -0.2) is 19.8 Å². The zero-order valence-electron chi connectivity index (χ0n) is 10.9. The lowest BCUT2D eigenvalue weighted by molar-refractivity contribution is 0.438. The van der Waals surface area contributed by atoms with Crippen molar-refractivity contribution in [1.29, 1.82) is 0 Å². The second kappa shape index (κ2) is 4.38. The molecular formula is C13H15N5O. The van der Waals surface area contributed by atoms with Crippen LogP contribution in [-0.2, 0) is 6.42 Å². The molecule has 2 N–H and O–H groups in total. The molecule has 98 valence electrons. The van der Waals surface area contributed by atoms with Crippen molar-refractivity contribution < 1.29 is 4.52 Å². The maximum absolute atomic E-state index is 5.87. The summed E-state index contributed by atoms with van der Waals surface area (Å²) in [6, 6.07) is 0. The Labute approximate surface area is 110 Å². The van der Waals surface area contributed by atoms with Crippen molar-refractivity contribution in [2.24, 2.45) is 5.92 Å². The Hall–Kier alpha value is -2.37. The fraction of sp³-hybridized carbons (Fsp3) is 0.308. The highest BCUT2D eigenvalue weighted by molar-refractivity contribution is 5.80. The van der Waals surface area contributed by atoms with Gasteiger partial charge in [0, 0.05) is 18.0 Å². The molecule has 0 spiro atoms. The minimum absolute atomic E-state index is 0.381. The van der Waals surface area contributed by atoms with E-state index >= 15 is 0 Å². The van der Waals surface area contributed by atoms with Crippen LogP contribution in [0.4, 0.5) is 5.88 Å². The van der Waals surface area contributed by atoms with Gasteiger partial charge in [-0.1, -0.05) is 19.0 Å². The van der Waals surface area contributed by atoms with E-state index in [0.717, 1.165) is 28.8 Å². The van der Waals surface area contributed by atoms with Crippen molar-refractivity contribution in [3.05, 3.63) is 30.4 Å². The average Bonchev–Trinajstić information content (AvgIpc) is 2.94. The van der Waals surface area contributed by atoms with E-state index in [1.807, 2.05) is 0 Å². The Morgan fingerprint density at radius 1 is 1.37 bits per heavy atom. The SMILES string of the molecule is CC(C)Cc1c(-c2cnn3ccncc23)noc1N. The number of anilines is 1. The summed E-state index contributed by atoms with van der Waals surface area (Å²) in [5.74, 6) is 0.854. The fourth-order valence-electron chi connectivity index (χ4n) is 2.16. The highest BCUT2D eigenvalue weighted by atomic mass is 16.5. The molecule has 0 atom stereocenters. The lowest BCUT2D eigenvalue weighted by atomic mass is 10.00. The van der Waals surface area contributed by atoms with Crippen molar-refractivity contribution in [1.82, 2.24) is 19.8 Å². The Kier molecular flexibility index (Phi) is 2.70. The number of nitrogens with zero attached hydrogens (tertiary/aromatic N) is 4. The molecule has 0 radical (unpaired) electrons. The molecule has 3 aromatic rings. The first-order valence-electron chi connectivity index (χ1n) is 6.18. The van der Waals surface area contributed by atoms with Gasteiger partial charge in [0.15, 0.2) is 0 Å². The summed E-state index contributed by atoms with van der Waals surface area (Å²) in [5, 5.41) is 8.36. The van der Waals surface area contributed by atoms with E-state index in [2.05, 4.69) is 29.1 Å². The standard InChI is InChI=1S/C13H15N5O/c1-8(2)5-9-12(17-19-13(9)14)10-6-16-18-4-3-15-7-11(10)18/h3-4,6-8H,5,14H2,1-2H3. The van der Waals surface area contributed by atoms with Crippen LogP contribution in [0.2, 0.25) is 0 Å². The Balaban J connectivity index is 2.16. The zero-order valence-corrected chi connectivity index (χ0v) is 10.9. The van der Waals surface area contributed by atoms with Crippen molar-refractivity contribution in [2.45, 2.75) is 20.3 Å². The fourth-order valence-corrected chi connectivity index (χ4v) is 2.16. The second-order valence-electron chi connectivity index (χ2n) is 4.94. The van der Waals surface area contributed by atoms with Gasteiger partial charge in [-0.2, -0.15) is 5.10 Å². The first kappa shape index (κ1) is 11.7. The number of hydrogen-bond acceptors (Lipinski definition) is 5. The minimum atomic E-state index is 0.381. The molecule has 0 bridgehead atoms. The molecule has 0 amide bonds. The molecule has 0 saturated carbocycles. The van der Waals surface area contributed by atoms with Crippen LogP contribution in [0, 0.1) is 5.92 Å². The number of nitrogen functional groups attached to an aromatic ring is 1. The van der Waals surface area contributed by atoms with E-state index in [4.69, 9.17) is 10.3 Å². The molecule has 0 saturated heterocycles. The predicted molar refractivity (Wildman–Crippen MR) is 71.4 cm³/mol. The quantitative estimate of drug-likeness (QED) is 0.777. The smallest absolute Gasteiger partial charge is 0.225 e. The molecule has 3 heterocycles. The third kappa shape index (κ3) is 1.95. The molecule has 3 rings (SSSR count). The molecule has 0 fully saturated rings. The molecule has 6 nitrogen and oxygen atoms in total. The summed E-state index contributed by atoms with van der Waals surface area (Å²) < 4.78 is 6.90. The van der Waals surface area contributed by atoms with Crippen LogP contribution in [0.5, 0.6) is 0 Å². The molecule has 19 heavy (non-hydrogen) atoms. The van der Waals surface area contributed by atoms with Gasteiger partial charge in [0.2, 0.25) is 5.88 Å². The van der Waals surface area contributed by atoms with Gasteiger partial charge in [-0.3, -0.25) is 4.98 Å². The lowest BCUT2D eigenvalue weighted by Crippen LogP contribution is -1.98. The summed E-state index contributed by atoms with van der Waals surface area (Å²) >= 11 is 0. The van der Waals surface area contributed by atoms with Gasteiger partial charge >= 0.3 is 0 Å². The van der Waals surface area contributed by atoms with Crippen LogP contribution in [0.3, 0.4) is 0 Å². The number of hydrogen-bond donors (Lipinski definition) is 1. The monoisotopic (exact) mass is 257 g/mol. The van der Waals surface area contributed by atoms with Gasteiger partial charge in [-0.25, -0.2) is 4.52 Å². The summed E-state index contributed by atoms with van der Waals surface area (Å²) in [4.78, 5) is 4.12. The normalized spacial score (nSPS) is 11.5. The Bertz CT molecular complexity index is 713. The topological polar surface area (TPSA) is 82.2 Å². The average molecular weight is 257 g/mol. The van der Waals surface area contributed by atoms with Crippen molar-refractivity contribution >= 4 is 11.4 Å². The molecule has 0 unspecified atom stereocenters. The highest BCUT2D eigenvalue weighted by Gasteiger charge is 2.19. The van der Waals surface area contributed by atoms with Gasteiger partial charge in [-0.15, -0.1) is 0 Å². The van der Waals surface area contributed by atoms with Crippen LogP contribution >= 0.6 is 0 Å². The van der Waals surface area contributed by atoms with E-state index in [-0.39, 0.29) is 0 Å². The zero-order chi connectivity index (χ0) is 13.4. The molecule has 0 aliphatic heterocycles. The maximum atomic E-state index is 5.87. The molecule has 0 aromatic carbocycles. The van der Waals surface area contributed by atoms with Gasteiger partial charge in [0.1, 0.15) is 5.69 Å². The predicted octanol–water partition coefficient (Wildman–Crippen LogP) is 2.16. The molecule has 3 aromatic heterocycles. The van der Waals surface area contributed by atoms with Crippen molar-refractivity contribution in [2.75, 3.05) is 5.73 Å². The van der Waals surface area contributed by atoms with Gasteiger partial charge < -0.3 is 10.3 Å². The molecular weight excluding hydrogens is 242 g/mol. The number of aromatic nitrogens is 4.